The van der Waals surface area contributed by atoms with E-state index in [1.807, 2.05) is 26.8 Å². The van der Waals surface area contributed by atoms with Gasteiger partial charge in [-0.15, -0.1) is 0 Å². The molecule has 1 atom stereocenters. The largest absolute Gasteiger partial charge is 0.478 e. The Morgan fingerprint density at radius 2 is 1.95 bits per heavy atom. The van der Waals surface area contributed by atoms with Crippen molar-refractivity contribution in [3.63, 3.8) is 0 Å². The molecule has 1 aromatic rings. The highest BCUT2D eigenvalue weighted by atomic mass is 16.4. The lowest BCUT2D eigenvalue weighted by Gasteiger charge is -2.15. The molecular weight excluding hydrogens is 242 g/mol. The van der Waals surface area contributed by atoms with Gasteiger partial charge in [0.2, 0.25) is 5.91 Å². The van der Waals surface area contributed by atoms with E-state index in [0.29, 0.717) is 18.9 Å². The van der Waals surface area contributed by atoms with Gasteiger partial charge in [-0.2, -0.15) is 0 Å². The summed E-state index contributed by atoms with van der Waals surface area (Å²) < 4.78 is 0. The lowest BCUT2D eigenvalue weighted by Crippen LogP contribution is -2.33. The van der Waals surface area contributed by atoms with Crippen LogP contribution in [0.4, 0.5) is 0 Å². The van der Waals surface area contributed by atoms with Crippen LogP contribution in [-0.4, -0.2) is 23.5 Å². The minimum Gasteiger partial charge on any atom is -0.478 e. The predicted octanol–water partition coefficient (Wildman–Crippen LogP) is 2.34. The normalized spacial score (nSPS) is 12.2. The first-order valence-electron chi connectivity index (χ1n) is 6.51. The van der Waals surface area contributed by atoms with Crippen LogP contribution in [0.2, 0.25) is 0 Å². The predicted molar refractivity (Wildman–Crippen MR) is 74.1 cm³/mol. The molecule has 0 aliphatic rings. The van der Waals surface area contributed by atoms with Crippen molar-refractivity contribution in [2.75, 3.05) is 6.54 Å². The first-order chi connectivity index (χ1) is 8.91. The van der Waals surface area contributed by atoms with Crippen LogP contribution in [-0.2, 0) is 11.2 Å². The number of rotatable bonds is 6. The van der Waals surface area contributed by atoms with Crippen molar-refractivity contribution in [3.05, 3.63) is 35.4 Å². The Balaban J connectivity index is 2.47. The van der Waals surface area contributed by atoms with Crippen molar-refractivity contribution in [1.82, 2.24) is 5.32 Å². The minimum absolute atomic E-state index is 0.00893. The Morgan fingerprint density at radius 1 is 1.26 bits per heavy atom. The Labute approximate surface area is 113 Å². The van der Waals surface area contributed by atoms with Crippen molar-refractivity contribution in [3.8, 4) is 0 Å². The third-order valence-electron chi connectivity index (χ3n) is 3.30. The molecule has 0 aliphatic carbocycles. The number of carboxylic acids is 1. The Kier molecular flexibility index (Phi) is 5.55. The molecule has 4 heteroatoms. The average molecular weight is 263 g/mol. The fraction of sp³-hybridized carbons (Fsp3) is 0.467. The van der Waals surface area contributed by atoms with Gasteiger partial charge in [-0.25, -0.2) is 4.79 Å². The third kappa shape index (κ3) is 4.73. The molecule has 0 aliphatic heterocycles. The number of carbonyl (C=O) groups excluding carboxylic acids is 1. The van der Waals surface area contributed by atoms with Gasteiger partial charge in [0.05, 0.1) is 5.56 Å². The van der Waals surface area contributed by atoms with Crippen LogP contribution < -0.4 is 5.32 Å². The van der Waals surface area contributed by atoms with E-state index < -0.39 is 5.97 Å². The molecule has 0 saturated heterocycles. The van der Waals surface area contributed by atoms with E-state index in [0.717, 1.165) is 5.56 Å². The Bertz CT molecular complexity index is 454. The molecule has 0 heterocycles. The number of amides is 1. The molecule has 0 bridgehead atoms. The second kappa shape index (κ2) is 6.92. The van der Waals surface area contributed by atoms with Crippen LogP contribution >= 0.6 is 0 Å². The quantitative estimate of drug-likeness (QED) is 0.827. The van der Waals surface area contributed by atoms with E-state index in [-0.39, 0.29) is 17.4 Å². The molecule has 1 rings (SSSR count). The molecule has 4 nitrogen and oxygen atoms in total. The summed E-state index contributed by atoms with van der Waals surface area (Å²) in [7, 11) is 0. The van der Waals surface area contributed by atoms with Crippen LogP contribution in [0.5, 0.6) is 0 Å². The van der Waals surface area contributed by atoms with Crippen molar-refractivity contribution in [2.45, 2.75) is 27.2 Å². The molecular formula is C15H21NO3. The zero-order chi connectivity index (χ0) is 14.4. The van der Waals surface area contributed by atoms with Gasteiger partial charge in [0.25, 0.3) is 0 Å². The molecule has 1 unspecified atom stereocenters. The summed E-state index contributed by atoms with van der Waals surface area (Å²) in [6.07, 6.45) is 0.637. The highest BCUT2D eigenvalue weighted by Gasteiger charge is 2.15. The Morgan fingerprint density at radius 3 is 2.53 bits per heavy atom. The topological polar surface area (TPSA) is 66.4 Å². The van der Waals surface area contributed by atoms with Crippen molar-refractivity contribution in [1.29, 1.82) is 0 Å². The molecule has 0 aromatic heterocycles. The lowest BCUT2D eigenvalue weighted by atomic mass is 9.97. The van der Waals surface area contributed by atoms with Gasteiger partial charge in [0.15, 0.2) is 0 Å². The lowest BCUT2D eigenvalue weighted by molar-refractivity contribution is -0.125. The standard InChI is InChI=1S/C15H21NO3/c1-10(2)11(3)14(17)16-8-7-12-5-4-6-13(9-12)15(18)19/h4-6,9-11H,7-8H2,1-3H3,(H,16,17)(H,18,19). The second-order valence-electron chi connectivity index (χ2n) is 5.08. The fourth-order valence-electron chi connectivity index (χ4n) is 1.65. The molecule has 1 amide bonds. The zero-order valence-corrected chi connectivity index (χ0v) is 11.6. The van der Waals surface area contributed by atoms with E-state index in [1.54, 1.807) is 18.2 Å². The average Bonchev–Trinajstić information content (AvgIpc) is 2.37. The molecule has 0 fully saturated rings. The number of hydrogen-bond donors (Lipinski definition) is 2. The van der Waals surface area contributed by atoms with Crippen molar-refractivity contribution >= 4 is 11.9 Å². The van der Waals surface area contributed by atoms with Crippen molar-refractivity contribution < 1.29 is 14.7 Å². The molecule has 2 N–H and O–H groups in total. The highest BCUT2D eigenvalue weighted by molar-refractivity contribution is 5.87. The van der Waals surface area contributed by atoms with E-state index in [2.05, 4.69) is 5.32 Å². The van der Waals surface area contributed by atoms with Gasteiger partial charge in [-0.3, -0.25) is 4.79 Å². The maximum atomic E-state index is 11.7. The van der Waals surface area contributed by atoms with Crippen LogP contribution in [0.3, 0.4) is 0 Å². The second-order valence-corrected chi connectivity index (χ2v) is 5.08. The van der Waals surface area contributed by atoms with Gasteiger partial charge in [-0.05, 0) is 30.0 Å². The van der Waals surface area contributed by atoms with Crippen LogP contribution in [0.15, 0.2) is 24.3 Å². The number of aromatic carboxylic acids is 1. The zero-order valence-electron chi connectivity index (χ0n) is 11.6. The van der Waals surface area contributed by atoms with Crippen molar-refractivity contribution in [2.24, 2.45) is 11.8 Å². The van der Waals surface area contributed by atoms with Gasteiger partial charge in [0, 0.05) is 12.5 Å². The summed E-state index contributed by atoms with van der Waals surface area (Å²) in [5.41, 5.74) is 1.19. The van der Waals surface area contributed by atoms with E-state index in [4.69, 9.17) is 5.11 Å². The summed E-state index contributed by atoms with van der Waals surface area (Å²) in [5, 5.41) is 11.8. The molecule has 0 radical (unpaired) electrons. The molecule has 1 aromatic carbocycles. The van der Waals surface area contributed by atoms with Gasteiger partial charge in [0.1, 0.15) is 0 Å². The first kappa shape index (κ1) is 15.2. The third-order valence-corrected chi connectivity index (χ3v) is 3.30. The molecule has 0 spiro atoms. The summed E-state index contributed by atoms with van der Waals surface area (Å²) in [6.45, 7) is 6.46. The maximum absolute atomic E-state index is 11.7. The van der Waals surface area contributed by atoms with Crippen LogP contribution in [0.25, 0.3) is 0 Å². The Hall–Kier alpha value is -1.84. The number of carboxylic acid groups (broad SMARTS) is 1. The van der Waals surface area contributed by atoms with Crippen LogP contribution in [0.1, 0.15) is 36.7 Å². The van der Waals surface area contributed by atoms with Gasteiger partial charge < -0.3 is 10.4 Å². The molecule has 0 saturated carbocycles. The number of carbonyl (C=O) groups is 2. The smallest absolute Gasteiger partial charge is 0.335 e. The summed E-state index contributed by atoms with van der Waals surface area (Å²) >= 11 is 0. The van der Waals surface area contributed by atoms with Crippen LogP contribution in [0, 0.1) is 11.8 Å². The number of benzene rings is 1. The highest BCUT2D eigenvalue weighted by Crippen LogP contribution is 2.09. The summed E-state index contributed by atoms with van der Waals surface area (Å²) in [4.78, 5) is 22.6. The monoisotopic (exact) mass is 263 g/mol. The van der Waals surface area contributed by atoms with E-state index in [9.17, 15) is 9.59 Å². The maximum Gasteiger partial charge on any atom is 0.335 e. The number of hydrogen-bond acceptors (Lipinski definition) is 2. The fourth-order valence-corrected chi connectivity index (χ4v) is 1.65. The van der Waals surface area contributed by atoms with E-state index >= 15 is 0 Å². The van der Waals surface area contributed by atoms with Gasteiger partial charge >= 0.3 is 5.97 Å². The summed E-state index contributed by atoms with van der Waals surface area (Å²) in [6, 6.07) is 6.79. The molecule has 104 valence electrons. The van der Waals surface area contributed by atoms with Gasteiger partial charge in [-0.1, -0.05) is 32.9 Å². The minimum atomic E-state index is -0.931. The molecule has 19 heavy (non-hydrogen) atoms. The number of nitrogens with one attached hydrogen (secondary N) is 1. The summed E-state index contributed by atoms with van der Waals surface area (Å²) in [5.74, 6) is -0.579. The van der Waals surface area contributed by atoms with E-state index in [1.165, 1.54) is 0 Å². The first-order valence-corrected chi connectivity index (χ1v) is 6.51. The SMILES string of the molecule is CC(C)C(C)C(=O)NCCc1cccc(C(=O)O)c1.